The Morgan fingerprint density at radius 2 is 1.52 bits per heavy atom. The van der Waals surface area contributed by atoms with Crippen LogP contribution < -0.4 is 0 Å². The number of carbonyl (C=O) groups excluding carboxylic acids is 1. The smallest absolute Gasteiger partial charge is 0.222 e. The summed E-state index contributed by atoms with van der Waals surface area (Å²) in [4.78, 5) is 17.1. The molecule has 0 spiro atoms. The Morgan fingerprint density at radius 3 is 2.05 bits per heavy atom. The van der Waals surface area contributed by atoms with Crippen molar-refractivity contribution in [3.8, 4) is 0 Å². The van der Waals surface area contributed by atoms with Crippen LogP contribution in [0.3, 0.4) is 0 Å². The molecule has 2 unspecified atom stereocenters. The fourth-order valence-corrected chi connectivity index (χ4v) is 3.58. The average Bonchev–Trinajstić information content (AvgIpc) is 2.75. The molecular formula is C18H36N2O. The fourth-order valence-electron chi connectivity index (χ4n) is 3.58. The van der Waals surface area contributed by atoms with Gasteiger partial charge in [0.1, 0.15) is 0 Å². The highest BCUT2D eigenvalue weighted by Gasteiger charge is 2.40. The third kappa shape index (κ3) is 5.28. The van der Waals surface area contributed by atoms with Gasteiger partial charge in [-0.25, -0.2) is 0 Å². The van der Waals surface area contributed by atoms with Gasteiger partial charge in [-0.3, -0.25) is 9.69 Å². The molecule has 2 bridgehead atoms. The molecule has 2 aliphatic heterocycles. The summed E-state index contributed by atoms with van der Waals surface area (Å²) < 4.78 is 0. The second-order valence-corrected chi connectivity index (χ2v) is 6.23. The molecule has 2 aliphatic rings. The number of fused-ring (bicyclic) bond motifs is 2. The van der Waals surface area contributed by atoms with E-state index < -0.39 is 0 Å². The van der Waals surface area contributed by atoms with Gasteiger partial charge in [-0.1, -0.05) is 47.0 Å². The summed E-state index contributed by atoms with van der Waals surface area (Å²) in [5.74, 6) is 0.403. The van der Waals surface area contributed by atoms with E-state index in [4.69, 9.17) is 0 Å². The Morgan fingerprint density at radius 1 is 0.952 bits per heavy atom. The van der Waals surface area contributed by atoms with Crippen molar-refractivity contribution in [2.24, 2.45) is 0 Å². The Kier molecular flexibility index (Phi) is 8.98. The average molecular weight is 296 g/mol. The van der Waals surface area contributed by atoms with Gasteiger partial charge in [0.25, 0.3) is 0 Å². The normalized spacial score (nSPS) is 24.7. The van der Waals surface area contributed by atoms with Crippen LogP contribution in [-0.4, -0.2) is 47.4 Å². The SMILES string of the molecule is CC.CCCCCC(=O)N1CC2CCC(C1)N2CCCC. The first-order valence-electron chi connectivity index (χ1n) is 9.29. The number of hydrogen-bond acceptors (Lipinski definition) is 2. The fraction of sp³-hybridized carbons (Fsp3) is 0.944. The molecule has 3 nitrogen and oxygen atoms in total. The number of carbonyl (C=O) groups is 1. The quantitative estimate of drug-likeness (QED) is 0.661. The van der Waals surface area contributed by atoms with Crippen molar-refractivity contribution in [1.29, 1.82) is 0 Å². The highest BCUT2D eigenvalue weighted by molar-refractivity contribution is 5.76. The van der Waals surface area contributed by atoms with Crippen LogP contribution in [0.4, 0.5) is 0 Å². The Labute approximate surface area is 132 Å². The molecule has 0 N–H and O–H groups in total. The number of hydrogen-bond donors (Lipinski definition) is 0. The van der Waals surface area contributed by atoms with Crippen LogP contribution in [0.2, 0.25) is 0 Å². The minimum atomic E-state index is 0.403. The monoisotopic (exact) mass is 296 g/mol. The van der Waals surface area contributed by atoms with Gasteiger partial charge in [0.2, 0.25) is 5.91 Å². The van der Waals surface area contributed by atoms with Crippen LogP contribution in [-0.2, 0) is 4.79 Å². The standard InChI is InChI=1S/C16H30N2O.C2H6/c1-3-5-7-8-16(19)17-12-14-9-10-15(13-17)18(14)11-6-4-2;1-2/h14-15H,3-13H2,1-2H3;1-2H3. The zero-order valence-corrected chi connectivity index (χ0v) is 14.7. The van der Waals surface area contributed by atoms with Crippen LogP contribution in [0.25, 0.3) is 0 Å². The maximum Gasteiger partial charge on any atom is 0.222 e. The minimum Gasteiger partial charge on any atom is -0.340 e. The summed E-state index contributed by atoms with van der Waals surface area (Å²) >= 11 is 0. The second-order valence-electron chi connectivity index (χ2n) is 6.23. The summed E-state index contributed by atoms with van der Waals surface area (Å²) in [7, 11) is 0. The zero-order chi connectivity index (χ0) is 15.7. The lowest BCUT2D eigenvalue weighted by Crippen LogP contribution is -2.55. The Bertz CT molecular complexity index is 279. The molecule has 3 heteroatoms. The molecule has 2 rings (SSSR count). The number of unbranched alkanes of at least 4 members (excludes halogenated alkanes) is 3. The molecule has 0 aromatic rings. The van der Waals surface area contributed by atoms with Gasteiger partial charge in [0.15, 0.2) is 0 Å². The lowest BCUT2D eigenvalue weighted by atomic mass is 10.1. The van der Waals surface area contributed by atoms with Crippen LogP contribution in [0, 0.1) is 0 Å². The summed E-state index contributed by atoms with van der Waals surface area (Å²) in [5.41, 5.74) is 0. The number of rotatable bonds is 7. The van der Waals surface area contributed by atoms with Gasteiger partial charge in [0, 0.05) is 31.6 Å². The molecule has 0 radical (unpaired) electrons. The van der Waals surface area contributed by atoms with Gasteiger partial charge < -0.3 is 4.90 Å². The van der Waals surface area contributed by atoms with Crippen LogP contribution in [0.5, 0.6) is 0 Å². The predicted molar refractivity (Wildman–Crippen MR) is 90.5 cm³/mol. The van der Waals surface area contributed by atoms with Crippen LogP contribution in [0.1, 0.15) is 79.1 Å². The first-order chi connectivity index (χ1) is 10.3. The van der Waals surface area contributed by atoms with E-state index in [2.05, 4.69) is 23.6 Å². The van der Waals surface area contributed by atoms with Crippen molar-refractivity contribution >= 4 is 5.91 Å². The first-order valence-corrected chi connectivity index (χ1v) is 9.29. The van der Waals surface area contributed by atoms with Crippen molar-refractivity contribution in [3.05, 3.63) is 0 Å². The van der Waals surface area contributed by atoms with Gasteiger partial charge in [0.05, 0.1) is 0 Å². The maximum atomic E-state index is 12.2. The third-order valence-corrected chi connectivity index (χ3v) is 4.75. The van der Waals surface area contributed by atoms with Gasteiger partial charge in [-0.2, -0.15) is 0 Å². The molecule has 2 atom stereocenters. The molecule has 21 heavy (non-hydrogen) atoms. The summed E-state index contributed by atoms with van der Waals surface area (Å²) in [6.07, 6.45) is 9.40. The van der Waals surface area contributed by atoms with Crippen molar-refractivity contribution < 1.29 is 4.79 Å². The van der Waals surface area contributed by atoms with Crippen molar-refractivity contribution in [1.82, 2.24) is 9.80 Å². The van der Waals surface area contributed by atoms with E-state index in [1.165, 1.54) is 45.1 Å². The number of piperazine rings is 1. The highest BCUT2D eigenvalue weighted by atomic mass is 16.2. The molecule has 2 heterocycles. The summed E-state index contributed by atoms with van der Waals surface area (Å²) in [6, 6.07) is 1.31. The lowest BCUT2D eigenvalue weighted by Gasteiger charge is -2.41. The molecular weight excluding hydrogens is 260 g/mol. The van der Waals surface area contributed by atoms with E-state index in [0.29, 0.717) is 18.0 Å². The molecule has 0 aromatic heterocycles. The zero-order valence-electron chi connectivity index (χ0n) is 14.7. The molecule has 1 amide bonds. The van der Waals surface area contributed by atoms with Gasteiger partial charge in [-0.05, 0) is 32.2 Å². The predicted octanol–water partition coefficient (Wildman–Crippen LogP) is 4.07. The lowest BCUT2D eigenvalue weighted by molar-refractivity contribution is -0.134. The van der Waals surface area contributed by atoms with E-state index >= 15 is 0 Å². The summed E-state index contributed by atoms with van der Waals surface area (Å²) in [6.45, 7) is 11.7. The van der Waals surface area contributed by atoms with Crippen molar-refractivity contribution in [2.45, 2.75) is 91.1 Å². The largest absolute Gasteiger partial charge is 0.340 e. The van der Waals surface area contributed by atoms with E-state index in [9.17, 15) is 4.79 Å². The first kappa shape index (κ1) is 18.5. The molecule has 0 aromatic carbocycles. The minimum absolute atomic E-state index is 0.403. The number of nitrogens with zero attached hydrogens (tertiary/aromatic N) is 2. The Balaban J connectivity index is 0.00000106. The van der Waals surface area contributed by atoms with Crippen LogP contribution in [0.15, 0.2) is 0 Å². The van der Waals surface area contributed by atoms with E-state index in [0.717, 1.165) is 25.9 Å². The molecule has 0 saturated carbocycles. The summed E-state index contributed by atoms with van der Waals surface area (Å²) in [5, 5.41) is 0. The van der Waals surface area contributed by atoms with Crippen LogP contribution >= 0.6 is 0 Å². The van der Waals surface area contributed by atoms with E-state index in [1.807, 2.05) is 13.8 Å². The maximum absolute atomic E-state index is 12.2. The van der Waals surface area contributed by atoms with Crippen molar-refractivity contribution in [3.63, 3.8) is 0 Å². The van der Waals surface area contributed by atoms with E-state index in [1.54, 1.807) is 0 Å². The third-order valence-electron chi connectivity index (χ3n) is 4.75. The second kappa shape index (κ2) is 10.2. The van der Waals surface area contributed by atoms with E-state index in [-0.39, 0.29) is 0 Å². The number of likely N-dealkylation sites (tertiary alicyclic amines) is 1. The molecule has 2 fully saturated rings. The van der Waals surface area contributed by atoms with Crippen molar-refractivity contribution in [2.75, 3.05) is 19.6 Å². The highest BCUT2D eigenvalue weighted by Crippen LogP contribution is 2.30. The Hall–Kier alpha value is -0.570. The molecule has 0 aliphatic carbocycles. The topological polar surface area (TPSA) is 23.6 Å². The van der Waals surface area contributed by atoms with Gasteiger partial charge in [-0.15, -0.1) is 0 Å². The molecule has 124 valence electrons. The molecule has 2 saturated heterocycles. The number of amides is 1. The van der Waals surface area contributed by atoms with Gasteiger partial charge >= 0.3 is 0 Å².